The van der Waals surface area contributed by atoms with E-state index in [1.54, 1.807) is 0 Å². The Balaban J connectivity index is 3.72. The molecule has 9 heavy (non-hydrogen) atoms. The lowest BCUT2D eigenvalue weighted by Crippen LogP contribution is -2.30. The van der Waals surface area contributed by atoms with Crippen LogP contribution in [-0.2, 0) is 4.79 Å². The smallest absolute Gasteiger partial charge is 0.333 e. The van der Waals surface area contributed by atoms with Crippen LogP contribution in [0.5, 0.6) is 0 Å². The predicted molar refractivity (Wildman–Crippen MR) is 40.2 cm³/mol. The van der Waals surface area contributed by atoms with Crippen LogP contribution in [0.2, 0.25) is 0 Å². The third-order valence-electron chi connectivity index (χ3n) is 0.743. The summed E-state index contributed by atoms with van der Waals surface area (Å²) in [6, 6.07) is 0. The van der Waals surface area contributed by atoms with E-state index in [0.29, 0.717) is 5.33 Å². The van der Waals surface area contributed by atoms with Crippen LogP contribution in [0.15, 0.2) is 0 Å². The monoisotopic (exact) mass is 260 g/mol. The molecule has 0 spiro atoms. The first kappa shape index (κ1) is 9.39. The molecule has 0 rings (SSSR count). The van der Waals surface area contributed by atoms with E-state index in [1.165, 1.54) is 0 Å². The summed E-state index contributed by atoms with van der Waals surface area (Å²) < 4.78 is 0. The van der Waals surface area contributed by atoms with Crippen LogP contribution in [-0.4, -0.2) is 32.4 Å². The number of aliphatic carboxylic acids is 1. The molecule has 2 atom stereocenters. The van der Waals surface area contributed by atoms with Crippen molar-refractivity contribution < 1.29 is 15.0 Å². The molecule has 0 amide bonds. The van der Waals surface area contributed by atoms with Gasteiger partial charge in [-0.25, -0.2) is 4.79 Å². The zero-order valence-corrected chi connectivity index (χ0v) is 7.59. The largest absolute Gasteiger partial charge is 0.479 e. The van der Waals surface area contributed by atoms with Gasteiger partial charge in [0, 0.05) is 5.33 Å². The van der Waals surface area contributed by atoms with Gasteiger partial charge in [-0.3, -0.25) is 0 Å². The SMILES string of the molecule is O=C(O)C(O)C(Br)CBr. The zero-order valence-electron chi connectivity index (χ0n) is 4.42. The van der Waals surface area contributed by atoms with Gasteiger partial charge in [0.2, 0.25) is 0 Å². The molecule has 54 valence electrons. The lowest BCUT2D eigenvalue weighted by molar-refractivity contribution is -0.146. The Hall–Kier alpha value is 0.390. The van der Waals surface area contributed by atoms with Gasteiger partial charge in [-0.15, -0.1) is 0 Å². The molecule has 0 heterocycles. The Labute approximate surface area is 69.3 Å². The van der Waals surface area contributed by atoms with Gasteiger partial charge in [-0.2, -0.15) is 0 Å². The summed E-state index contributed by atoms with van der Waals surface area (Å²) in [5.41, 5.74) is 0. The van der Waals surface area contributed by atoms with Gasteiger partial charge < -0.3 is 10.2 Å². The van der Waals surface area contributed by atoms with E-state index >= 15 is 0 Å². The second-order valence-corrected chi connectivity index (χ2v) is 3.28. The minimum absolute atomic E-state index is 0.417. The van der Waals surface area contributed by atoms with Crippen molar-refractivity contribution in [3.63, 3.8) is 0 Å². The minimum atomic E-state index is -1.33. The van der Waals surface area contributed by atoms with Crippen molar-refractivity contribution in [1.29, 1.82) is 0 Å². The summed E-state index contributed by atoms with van der Waals surface area (Å²) >= 11 is 5.98. The molecule has 0 aliphatic carbocycles. The van der Waals surface area contributed by atoms with E-state index in [4.69, 9.17) is 10.2 Å². The van der Waals surface area contributed by atoms with Crippen molar-refractivity contribution in [3.8, 4) is 0 Å². The van der Waals surface area contributed by atoms with Crippen molar-refractivity contribution in [2.24, 2.45) is 0 Å². The Morgan fingerprint density at radius 1 is 1.67 bits per heavy atom. The van der Waals surface area contributed by atoms with Crippen molar-refractivity contribution in [1.82, 2.24) is 0 Å². The van der Waals surface area contributed by atoms with E-state index < -0.39 is 16.9 Å². The van der Waals surface area contributed by atoms with Crippen LogP contribution in [0, 0.1) is 0 Å². The number of aliphatic hydroxyl groups excluding tert-OH is 1. The molecule has 0 aromatic heterocycles. The van der Waals surface area contributed by atoms with E-state index in [1.807, 2.05) is 0 Å². The van der Waals surface area contributed by atoms with Crippen LogP contribution < -0.4 is 0 Å². The zero-order chi connectivity index (χ0) is 7.44. The fraction of sp³-hybridized carbons (Fsp3) is 0.750. The highest BCUT2D eigenvalue weighted by molar-refractivity contribution is 9.12. The molecule has 5 heteroatoms. The summed E-state index contributed by atoms with van der Waals surface area (Å²) in [5.74, 6) is -1.21. The maximum absolute atomic E-state index is 10.00. The topological polar surface area (TPSA) is 57.5 Å². The highest BCUT2D eigenvalue weighted by Crippen LogP contribution is 2.08. The highest BCUT2D eigenvalue weighted by atomic mass is 79.9. The molecule has 0 saturated carbocycles. The van der Waals surface area contributed by atoms with Gasteiger partial charge in [-0.05, 0) is 0 Å². The quantitative estimate of drug-likeness (QED) is 0.732. The molecule has 0 aliphatic rings. The van der Waals surface area contributed by atoms with Crippen molar-refractivity contribution in [2.45, 2.75) is 10.9 Å². The van der Waals surface area contributed by atoms with Gasteiger partial charge in [0.25, 0.3) is 0 Å². The molecule has 0 bridgehead atoms. The normalized spacial score (nSPS) is 16.8. The van der Waals surface area contributed by atoms with Crippen LogP contribution in [0.1, 0.15) is 0 Å². The first-order chi connectivity index (χ1) is 4.09. The minimum Gasteiger partial charge on any atom is -0.479 e. The number of hydrogen-bond acceptors (Lipinski definition) is 2. The van der Waals surface area contributed by atoms with Gasteiger partial charge >= 0.3 is 5.97 Å². The summed E-state index contributed by atoms with van der Waals surface area (Å²) in [7, 11) is 0. The molecular weight excluding hydrogens is 256 g/mol. The molecule has 0 aromatic rings. The molecule has 3 nitrogen and oxygen atoms in total. The highest BCUT2D eigenvalue weighted by Gasteiger charge is 2.21. The second-order valence-electron chi connectivity index (χ2n) is 1.45. The Kier molecular flexibility index (Phi) is 4.43. The number of carboxylic acids is 1. The van der Waals surface area contributed by atoms with Gasteiger partial charge in [0.1, 0.15) is 0 Å². The van der Waals surface area contributed by atoms with Crippen LogP contribution >= 0.6 is 31.9 Å². The number of hydrogen-bond donors (Lipinski definition) is 2. The fourth-order valence-electron chi connectivity index (χ4n) is 0.239. The van der Waals surface area contributed by atoms with Crippen molar-refractivity contribution in [2.75, 3.05) is 5.33 Å². The number of carboxylic acid groups (broad SMARTS) is 1. The third-order valence-corrected chi connectivity index (χ3v) is 3.13. The lowest BCUT2D eigenvalue weighted by Gasteiger charge is -2.08. The Morgan fingerprint density at radius 3 is 2.22 bits per heavy atom. The number of aliphatic hydroxyl groups is 1. The van der Waals surface area contributed by atoms with E-state index in [2.05, 4.69) is 31.9 Å². The maximum atomic E-state index is 10.00. The molecule has 0 radical (unpaired) electrons. The summed E-state index contributed by atoms with van der Waals surface area (Å²) in [6.45, 7) is 0. The van der Waals surface area contributed by atoms with E-state index in [9.17, 15) is 4.79 Å². The number of rotatable bonds is 3. The van der Waals surface area contributed by atoms with Crippen LogP contribution in [0.3, 0.4) is 0 Å². The summed E-state index contributed by atoms with van der Waals surface area (Å²) in [5, 5.41) is 17.3. The lowest BCUT2D eigenvalue weighted by atomic mass is 10.3. The van der Waals surface area contributed by atoms with Gasteiger partial charge in [0.05, 0.1) is 4.83 Å². The van der Waals surface area contributed by atoms with Crippen molar-refractivity contribution in [3.05, 3.63) is 0 Å². The molecule has 0 fully saturated rings. The number of alkyl halides is 2. The third kappa shape index (κ3) is 3.17. The van der Waals surface area contributed by atoms with E-state index in [-0.39, 0.29) is 0 Å². The Morgan fingerprint density at radius 2 is 2.11 bits per heavy atom. The summed E-state index contributed by atoms with van der Waals surface area (Å²) in [4.78, 5) is 9.58. The molecular formula is C4H6Br2O3. The predicted octanol–water partition coefficient (Wildman–Crippen LogP) is 0.590. The van der Waals surface area contributed by atoms with E-state index in [0.717, 1.165) is 0 Å². The maximum Gasteiger partial charge on any atom is 0.333 e. The van der Waals surface area contributed by atoms with Crippen LogP contribution in [0.25, 0.3) is 0 Å². The summed E-state index contributed by atoms with van der Waals surface area (Å²) in [6.07, 6.45) is -1.33. The second kappa shape index (κ2) is 4.24. The molecule has 0 aliphatic heterocycles. The fourth-order valence-corrected chi connectivity index (χ4v) is 0.819. The molecule has 0 saturated heterocycles. The van der Waals surface area contributed by atoms with Crippen LogP contribution in [0.4, 0.5) is 0 Å². The first-order valence-corrected chi connectivity index (χ1v) is 4.24. The average Bonchev–Trinajstić information content (AvgIpc) is 1.84. The van der Waals surface area contributed by atoms with Gasteiger partial charge in [0.15, 0.2) is 6.10 Å². The van der Waals surface area contributed by atoms with Crippen molar-refractivity contribution >= 4 is 37.8 Å². The Bertz CT molecular complexity index is 106. The molecule has 2 unspecified atom stereocenters. The number of carbonyl (C=O) groups is 1. The molecule has 2 N–H and O–H groups in total. The first-order valence-electron chi connectivity index (χ1n) is 2.20. The average molecular weight is 262 g/mol. The number of halogens is 2. The van der Waals surface area contributed by atoms with Gasteiger partial charge in [-0.1, -0.05) is 31.9 Å². The standard InChI is InChI=1S/C4H6Br2O3/c5-1-2(6)3(7)4(8)9/h2-3,7H,1H2,(H,8,9). The molecule has 0 aromatic carbocycles.